The Morgan fingerprint density at radius 2 is 2.20 bits per heavy atom. The van der Waals surface area contributed by atoms with Crippen LogP contribution in [-0.2, 0) is 6.61 Å². The maximum absolute atomic E-state index is 13.5. The van der Waals surface area contributed by atoms with Crippen LogP contribution in [0.4, 0.5) is 4.39 Å². The molecule has 2 rings (SSSR count). The van der Waals surface area contributed by atoms with Gasteiger partial charge in [-0.1, -0.05) is 23.9 Å². The van der Waals surface area contributed by atoms with E-state index in [0.717, 1.165) is 4.21 Å². The molecular formula is C11H9FOS2. The summed E-state index contributed by atoms with van der Waals surface area (Å²) in [5.74, 6) is -0.278. The summed E-state index contributed by atoms with van der Waals surface area (Å²) in [7, 11) is 0. The number of halogens is 1. The van der Waals surface area contributed by atoms with Crippen LogP contribution in [0.25, 0.3) is 0 Å². The lowest BCUT2D eigenvalue weighted by molar-refractivity contribution is 0.281. The van der Waals surface area contributed by atoms with Crippen molar-refractivity contribution in [2.75, 3.05) is 0 Å². The molecule has 1 N–H and O–H groups in total. The van der Waals surface area contributed by atoms with Crippen molar-refractivity contribution in [2.45, 2.75) is 15.7 Å². The maximum Gasteiger partial charge on any atom is 0.137 e. The molecule has 1 aromatic heterocycles. The molecule has 0 aliphatic heterocycles. The van der Waals surface area contributed by atoms with Crippen molar-refractivity contribution in [2.24, 2.45) is 0 Å². The zero-order valence-corrected chi connectivity index (χ0v) is 9.45. The first-order chi connectivity index (χ1) is 7.29. The number of hydrogen-bond acceptors (Lipinski definition) is 3. The van der Waals surface area contributed by atoms with Gasteiger partial charge in [-0.2, -0.15) is 0 Å². The van der Waals surface area contributed by atoms with E-state index in [1.807, 2.05) is 17.5 Å². The van der Waals surface area contributed by atoms with Crippen molar-refractivity contribution < 1.29 is 9.50 Å². The molecule has 0 radical (unpaired) electrons. The van der Waals surface area contributed by atoms with Gasteiger partial charge in [0.05, 0.1) is 10.8 Å². The minimum Gasteiger partial charge on any atom is -0.392 e. The third kappa shape index (κ3) is 2.59. The van der Waals surface area contributed by atoms with Gasteiger partial charge in [-0.25, -0.2) is 4.39 Å². The highest BCUT2D eigenvalue weighted by Crippen LogP contribution is 2.33. The van der Waals surface area contributed by atoms with Crippen molar-refractivity contribution >= 4 is 23.1 Å². The first-order valence-corrected chi connectivity index (χ1v) is 6.10. The smallest absolute Gasteiger partial charge is 0.137 e. The summed E-state index contributed by atoms with van der Waals surface area (Å²) in [5.41, 5.74) is 0.600. The Kier molecular flexibility index (Phi) is 3.41. The molecule has 0 amide bonds. The maximum atomic E-state index is 13.5. The number of hydrogen-bond donors (Lipinski definition) is 1. The van der Waals surface area contributed by atoms with Crippen LogP contribution in [0.15, 0.2) is 44.8 Å². The minimum atomic E-state index is -0.278. The van der Waals surface area contributed by atoms with Gasteiger partial charge >= 0.3 is 0 Å². The molecule has 1 aromatic carbocycles. The predicted molar refractivity (Wildman–Crippen MR) is 60.8 cm³/mol. The lowest BCUT2D eigenvalue weighted by Gasteiger charge is -2.02. The molecule has 0 fully saturated rings. The first-order valence-electron chi connectivity index (χ1n) is 4.40. The van der Waals surface area contributed by atoms with Crippen LogP contribution in [0.3, 0.4) is 0 Å². The Bertz CT molecular complexity index is 440. The summed E-state index contributed by atoms with van der Waals surface area (Å²) in [4.78, 5) is 0.592. The summed E-state index contributed by atoms with van der Waals surface area (Å²) in [6, 6.07) is 8.70. The number of benzene rings is 1. The third-order valence-corrected chi connectivity index (χ3v) is 3.97. The van der Waals surface area contributed by atoms with Crippen LogP contribution in [0.1, 0.15) is 5.56 Å². The highest BCUT2D eigenvalue weighted by molar-refractivity contribution is 8.01. The Morgan fingerprint density at radius 3 is 2.80 bits per heavy atom. The SMILES string of the molecule is OCc1ccc(Sc2cccs2)c(F)c1. The molecule has 0 aliphatic carbocycles. The van der Waals surface area contributed by atoms with Crippen LogP contribution in [0.5, 0.6) is 0 Å². The van der Waals surface area contributed by atoms with Crippen LogP contribution in [-0.4, -0.2) is 5.11 Å². The topological polar surface area (TPSA) is 20.2 Å². The number of thiophene rings is 1. The van der Waals surface area contributed by atoms with E-state index in [1.165, 1.54) is 17.8 Å². The summed E-state index contributed by atoms with van der Waals surface area (Å²) in [5, 5.41) is 10.8. The highest BCUT2D eigenvalue weighted by Gasteiger charge is 2.05. The Hall–Kier alpha value is -0.840. The normalized spacial score (nSPS) is 10.5. The fraction of sp³-hybridized carbons (Fsp3) is 0.0909. The van der Waals surface area contributed by atoms with Gasteiger partial charge < -0.3 is 5.11 Å². The summed E-state index contributed by atoms with van der Waals surface area (Å²) in [6.07, 6.45) is 0. The van der Waals surface area contributed by atoms with Gasteiger partial charge in [-0.05, 0) is 29.1 Å². The van der Waals surface area contributed by atoms with Crippen LogP contribution >= 0.6 is 23.1 Å². The average Bonchev–Trinajstić information content (AvgIpc) is 2.74. The molecule has 0 aliphatic rings. The second-order valence-electron chi connectivity index (χ2n) is 2.96. The summed E-state index contributed by atoms with van der Waals surface area (Å²) in [6.45, 7) is -0.124. The van der Waals surface area contributed by atoms with Crippen LogP contribution in [0, 0.1) is 5.82 Å². The Morgan fingerprint density at radius 1 is 1.33 bits per heavy atom. The lowest BCUT2D eigenvalue weighted by Crippen LogP contribution is -1.86. The largest absolute Gasteiger partial charge is 0.392 e. The Balaban J connectivity index is 2.22. The van der Waals surface area contributed by atoms with E-state index in [4.69, 9.17) is 5.11 Å². The van der Waals surface area contributed by atoms with Crippen LogP contribution in [0.2, 0.25) is 0 Å². The van der Waals surface area contributed by atoms with Gasteiger partial charge in [0.1, 0.15) is 5.82 Å². The fourth-order valence-electron chi connectivity index (χ4n) is 1.16. The van der Waals surface area contributed by atoms with E-state index in [1.54, 1.807) is 23.5 Å². The van der Waals surface area contributed by atoms with Gasteiger partial charge in [-0.3, -0.25) is 0 Å². The quantitative estimate of drug-likeness (QED) is 0.885. The predicted octanol–water partition coefficient (Wildman–Crippen LogP) is 3.53. The molecule has 0 atom stereocenters. The van der Waals surface area contributed by atoms with E-state index in [-0.39, 0.29) is 12.4 Å². The monoisotopic (exact) mass is 240 g/mol. The van der Waals surface area contributed by atoms with Crippen molar-refractivity contribution in [1.82, 2.24) is 0 Å². The first kappa shape index (κ1) is 10.7. The number of rotatable bonds is 3. The summed E-state index contributed by atoms with van der Waals surface area (Å²) < 4.78 is 14.6. The second kappa shape index (κ2) is 4.79. The van der Waals surface area contributed by atoms with Crippen molar-refractivity contribution in [3.8, 4) is 0 Å². The summed E-state index contributed by atoms with van der Waals surface area (Å²) >= 11 is 2.99. The molecule has 1 nitrogen and oxygen atoms in total. The van der Waals surface area contributed by atoms with E-state index >= 15 is 0 Å². The minimum absolute atomic E-state index is 0.124. The Labute approximate surface area is 95.6 Å². The molecule has 78 valence electrons. The van der Waals surface area contributed by atoms with E-state index in [9.17, 15) is 4.39 Å². The standard InChI is InChI=1S/C11H9FOS2/c12-9-6-8(7-13)3-4-10(9)15-11-2-1-5-14-11/h1-6,13H,7H2. The van der Waals surface area contributed by atoms with Gasteiger partial charge in [-0.15, -0.1) is 11.3 Å². The van der Waals surface area contributed by atoms with Crippen molar-refractivity contribution in [3.63, 3.8) is 0 Å². The van der Waals surface area contributed by atoms with E-state index in [2.05, 4.69) is 0 Å². The number of aliphatic hydroxyl groups excluding tert-OH is 1. The average molecular weight is 240 g/mol. The molecule has 1 heterocycles. The highest BCUT2D eigenvalue weighted by atomic mass is 32.2. The fourth-order valence-corrected chi connectivity index (χ4v) is 2.89. The molecule has 0 bridgehead atoms. The molecule has 0 unspecified atom stereocenters. The molecule has 0 saturated carbocycles. The van der Waals surface area contributed by atoms with Crippen LogP contribution < -0.4 is 0 Å². The van der Waals surface area contributed by atoms with Gasteiger partial charge in [0, 0.05) is 4.90 Å². The van der Waals surface area contributed by atoms with Gasteiger partial charge in [0.2, 0.25) is 0 Å². The zero-order chi connectivity index (χ0) is 10.7. The molecular weight excluding hydrogens is 231 g/mol. The van der Waals surface area contributed by atoms with Crippen molar-refractivity contribution in [1.29, 1.82) is 0 Å². The lowest BCUT2D eigenvalue weighted by atomic mass is 10.2. The molecule has 2 aromatic rings. The number of aliphatic hydroxyl groups is 1. The second-order valence-corrected chi connectivity index (χ2v) is 5.25. The van der Waals surface area contributed by atoms with Gasteiger partial charge in [0.25, 0.3) is 0 Å². The van der Waals surface area contributed by atoms with Crippen molar-refractivity contribution in [3.05, 3.63) is 47.1 Å². The molecule has 15 heavy (non-hydrogen) atoms. The third-order valence-electron chi connectivity index (χ3n) is 1.88. The zero-order valence-electron chi connectivity index (χ0n) is 7.81. The molecule has 0 saturated heterocycles. The van der Waals surface area contributed by atoms with Gasteiger partial charge in [0.15, 0.2) is 0 Å². The van der Waals surface area contributed by atoms with E-state index < -0.39 is 0 Å². The van der Waals surface area contributed by atoms with E-state index in [0.29, 0.717) is 10.5 Å². The molecule has 4 heteroatoms. The molecule has 0 spiro atoms.